The van der Waals surface area contributed by atoms with Crippen LogP contribution >= 0.6 is 0 Å². The van der Waals surface area contributed by atoms with E-state index in [-0.39, 0.29) is 11.8 Å². The molecule has 74 valence electrons. The summed E-state index contributed by atoms with van der Waals surface area (Å²) in [6.45, 7) is 2.34. The largest absolute Gasteiger partial charge is 0.380 e. The Kier molecular flexibility index (Phi) is 2.83. The minimum Gasteiger partial charge on any atom is -0.380 e. The Morgan fingerprint density at radius 2 is 2.15 bits per heavy atom. The van der Waals surface area contributed by atoms with Crippen LogP contribution in [-0.4, -0.2) is 25.7 Å². The van der Waals surface area contributed by atoms with E-state index in [0.29, 0.717) is 6.61 Å². The number of hydrogen-bond donors (Lipinski definition) is 1. The highest BCUT2D eigenvalue weighted by molar-refractivity contribution is 5.79. The molecule has 13 heavy (non-hydrogen) atoms. The molecule has 3 nitrogen and oxygen atoms in total. The smallest absolute Gasteiger partial charge is 0.225 e. The number of piperidine rings is 1. The minimum atomic E-state index is 0.118. The molecule has 0 aromatic heterocycles. The van der Waals surface area contributed by atoms with Gasteiger partial charge in [-0.2, -0.15) is 0 Å². The van der Waals surface area contributed by atoms with E-state index in [1.807, 2.05) is 0 Å². The van der Waals surface area contributed by atoms with Crippen molar-refractivity contribution in [2.24, 2.45) is 11.8 Å². The predicted molar refractivity (Wildman–Crippen MR) is 49.3 cm³/mol. The maximum atomic E-state index is 11.3. The van der Waals surface area contributed by atoms with Crippen molar-refractivity contribution in [2.45, 2.75) is 25.7 Å². The summed E-state index contributed by atoms with van der Waals surface area (Å²) in [6, 6.07) is 0. The quantitative estimate of drug-likeness (QED) is 0.704. The average molecular weight is 183 g/mol. The van der Waals surface area contributed by atoms with Crippen LogP contribution in [0.15, 0.2) is 0 Å². The fourth-order valence-corrected chi connectivity index (χ4v) is 1.66. The van der Waals surface area contributed by atoms with Gasteiger partial charge in [0, 0.05) is 13.2 Å². The van der Waals surface area contributed by atoms with Crippen molar-refractivity contribution >= 4 is 5.91 Å². The van der Waals surface area contributed by atoms with E-state index in [2.05, 4.69) is 5.32 Å². The highest BCUT2D eigenvalue weighted by Gasteiger charge is 2.25. The lowest BCUT2D eigenvalue weighted by Gasteiger charge is -2.21. The number of rotatable bonds is 4. The normalized spacial score (nSPS) is 28.6. The summed E-state index contributed by atoms with van der Waals surface area (Å²) in [7, 11) is 0. The van der Waals surface area contributed by atoms with E-state index in [9.17, 15) is 4.79 Å². The minimum absolute atomic E-state index is 0.118. The van der Waals surface area contributed by atoms with Gasteiger partial charge in [0.25, 0.3) is 0 Å². The van der Waals surface area contributed by atoms with Crippen LogP contribution in [0.2, 0.25) is 0 Å². The lowest BCUT2D eigenvalue weighted by atomic mass is 10.00. The van der Waals surface area contributed by atoms with Crippen molar-refractivity contribution < 1.29 is 9.53 Å². The molecular formula is C10H17NO2. The maximum Gasteiger partial charge on any atom is 0.225 e. The van der Waals surface area contributed by atoms with Gasteiger partial charge >= 0.3 is 0 Å². The molecule has 1 amide bonds. The molecule has 2 aliphatic rings. The third-order valence-corrected chi connectivity index (χ3v) is 2.77. The number of ether oxygens (including phenoxy) is 1. The van der Waals surface area contributed by atoms with Gasteiger partial charge in [-0.15, -0.1) is 0 Å². The molecule has 3 heteroatoms. The van der Waals surface area contributed by atoms with Crippen LogP contribution in [0.5, 0.6) is 0 Å². The Labute approximate surface area is 78.8 Å². The molecule has 1 heterocycles. The van der Waals surface area contributed by atoms with Crippen LogP contribution < -0.4 is 5.32 Å². The van der Waals surface area contributed by atoms with Gasteiger partial charge in [0.1, 0.15) is 0 Å². The van der Waals surface area contributed by atoms with Crippen molar-refractivity contribution in [3.05, 3.63) is 0 Å². The highest BCUT2D eigenvalue weighted by atomic mass is 16.5. The Hall–Kier alpha value is -0.570. The van der Waals surface area contributed by atoms with Gasteiger partial charge in [-0.05, 0) is 31.6 Å². The number of carbonyl (C=O) groups excluding carboxylic acids is 1. The average Bonchev–Trinajstić information content (AvgIpc) is 2.92. The first-order valence-corrected chi connectivity index (χ1v) is 5.21. The molecule has 0 radical (unpaired) electrons. The monoisotopic (exact) mass is 183 g/mol. The molecule has 0 bridgehead atoms. The molecule has 1 atom stereocenters. The van der Waals surface area contributed by atoms with Crippen molar-refractivity contribution in [1.82, 2.24) is 5.32 Å². The van der Waals surface area contributed by atoms with Gasteiger partial charge in [-0.1, -0.05) is 0 Å². The molecule has 1 N–H and O–H groups in total. The van der Waals surface area contributed by atoms with E-state index in [1.54, 1.807) is 0 Å². The summed E-state index contributed by atoms with van der Waals surface area (Å²) in [5.41, 5.74) is 0. The third-order valence-electron chi connectivity index (χ3n) is 2.77. The second-order valence-electron chi connectivity index (χ2n) is 4.11. The number of hydrogen-bond acceptors (Lipinski definition) is 2. The van der Waals surface area contributed by atoms with Gasteiger partial charge in [0.05, 0.1) is 12.5 Å². The number of amides is 1. The SMILES string of the molecule is O=C1NCCCC1COCC1CC1. The first-order chi connectivity index (χ1) is 6.36. The van der Waals surface area contributed by atoms with Gasteiger partial charge in [-0.25, -0.2) is 0 Å². The summed E-state index contributed by atoms with van der Waals surface area (Å²) in [6.07, 6.45) is 4.73. The molecule has 0 aromatic rings. The van der Waals surface area contributed by atoms with E-state index in [1.165, 1.54) is 12.8 Å². The van der Waals surface area contributed by atoms with E-state index >= 15 is 0 Å². The van der Waals surface area contributed by atoms with Crippen LogP contribution in [0.1, 0.15) is 25.7 Å². The fourth-order valence-electron chi connectivity index (χ4n) is 1.66. The second-order valence-corrected chi connectivity index (χ2v) is 4.11. The molecule has 1 saturated carbocycles. The van der Waals surface area contributed by atoms with Crippen molar-refractivity contribution in [1.29, 1.82) is 0 Å². The Morgan fingerprint density at radius 3 is 2.85 bits per heavy atom. The Balaban J connectivity index is 1.63. The highest BCUT2D eigenvalue weighted by Crippen LogP contribution is 2.29. The standard InChI is InChI=1S/C10H17NO2/c12-10-9(2-1-5-11-10)7-13-6-8-3-4-8/h8-9H,1-7H2,(H,11,12). The molecule has 0 spiro atoms. The fraction of sp³-hybridized carbons (Fsp3) is 0.900. The second kappa shape index (κ2) is 4.09. The van der Waals surface area contributed by atoms with E-state index in [0.717, 1.165) is 31.9 Å². The topological polar surface area (TPSA) is 38.3 Å². The zero-order chi connectivity index (χ0) is 9.10. The molecule has 1 aliphatic carbocycles. The summed E-state index contributed by atoms with van der Waals surface area (Å²) < 4.78 is 5.51. The van der Waals surface area contributed by atoms with E-state index < -0.39 is 0 Å². The number of carbonyl (C=O) groups is 1. The number of nitrogens with one attached hydrogen (secondary N) is 1. The van der Waals surface area contributed by atoms with Crippen LogP contribution in [-0.2, 0) is 9.53 Å². The molecule has 2 rings (SSSR count). The first-order valence-electron chi connectivity index (χ1n) is 5.21. The van der Waals surface area contributed by atoms with Crippen molar-refractivity contribution in [3.63, 3.8) is 0 Å². The molecule has 1 unspecified atom stereocenters. The molecule has 1 saturated heterocycles. The molecular weight excluding hydrogens is 166 g/mol. The van der Waals surface area contributed by atoms with Crippen LogP contribution in [0.3, 0.4) is 0 Å². The molecule has 1 aliphatic heterocycles. The van der Waals surface area contributed by atoms with Gasteiger partial charge in [0.15, 0.2) is 0 Å². The summed E-state index contributed by atoms with van der Waals surface area (Å²) in [5, 5.41) is 2.87. The maximum absolute atomic E-state index is 11.3. The van der Waals surface area contributed by atoms with Gasteiger partial charge in [-0.3, -0.25) is 4.79 Å². The molecule has 2 fully saturated rings. The van der Waals surface area contributed by atoms with Crippen molar-refractivity contribution in [2.75, 3.05) is 19.8 Å². The lowest BCUT2D eigenvalue weighted by molar-refractivity contribution is -0.128. The lowest BCUT2D eigenvalue weighted by Crippen LogP contribution is -2.38. The zero-order valence-electron chi connectivity index (χ0n) is 7.92. The first kappa shape index (κ1) is 9.00. The van der Waals surface area contributed by atoms with Crippen LogP contribution in [0.25, 0.3) is 0 Å². The Morgan fingerprint density at radius 1 is 1.31 bits per heavy atom. The van der Waals surface area contributed by atoms with Crippen LogP contribution in [0.4, 0.5) is 0 Å². The van der Waals surface area contributed by atoms with Gasteiger partial charge in [0.2, 0.25) is 5.91 Å². The summed E-state index contributed by atoms with van der Waals surface area (Å²) in [4.78, 5) is 11.3. The summed E-state index contributed by atoms with van der Waals surface area (Å²) >= 11 is 0. The zero-order valence-corrected chi connectivity index (χ0v) is 7.92. The summed E-state index contributed by atoms with van der Waals surface area (Å²) in [5.74, 6) is 1.10. The third kappa shape index (κ3) is 2.69. The predicted octanol–water partition coefficient (Wildman–Crippen LogP) is 0.939. The Bertz CT molecular complexity index is 189. The molecule has 0 aromatic carbocycles. The van der Waals surface area contributed by atoms with E-state index in [4.69, 9.17) is 4.74 Å². The van der Waals surface area contributed by atoms with Crippen molar-refractivity contribution in [3.8, 4) is 0 Å². The van der Waals surface area contributed by atoms with Gasteiger partial charge < -0.3 is 10.1 Å². The van der Waals surface area contributed by atoms with Crippen LogP contribution in [0, 0.1) is 11.8 Å².